The summed E-state index contributed by atoms with van der Waals surface area (Å²) in [4.78, 5) is 11.8. The number of rotatable bonds is 3. The molecule has 1 aromatic carbocycles. The van der Waals surface area contributed by atoms with Gasteiger partial charge in [-0.3, -0.25) is 4.79 Å². The number of aliphatic hydroxyl groups excluding tert-OH is 1. The topological polar surface area (TPSA) is 49.3 Å². The molecule has 0 heterocycles. The van der Waals surface area contributed by atoms with Crippen LogP contribution in [0.5, 0.6) is 0 Å². The van der Waals surface area contributed by atoms with Crippen LogP contribution in [0.4, 0.5) is 8.78 Å². The first-order chi connectivity index (χ1) is 9.49. The Morgan fingerprint density at radius 3 is 2.70 bits per heavy atom. The predicted octanol–water partition coefficient (Wildman–Crippen LogP) is 2.90. The number of aliphatic hydroxyl groups is 1. The molecule has 1 fully saturated rings. The molecular weight excluding hydrogens is 288 g/mol. The standard InChI is InChI=1S/C14H16ClF2NO2/c15-10-6-11(16)9(5-12(10)17)14(20)18-7-8-3-1-2-4-13(8)19/h5-6,8,13,19H,1-4,7H2,(H,18,20). The first-order valence-electron chi connectivity index (χ1n) is 6.60. The average Bonchev–Trinajstić information content (AvgIpc) is 2.41. The second kappa shape index (κ2) is 6.50. The van der Waals surface area contributed by atoms with Crippen molar-refractivity contribution in [3.8, 4) is 0 Å². The fraction of sp³-hybridized carbons (Fsp3) is 0.500. The summed E-state index contributed by atoms with van der Waals surface area (Å²) in [6, 6.07) is 1.56. The van der Waals surface area contributed by atoms with Gasteiger partial charge in [0.1, 0.15) is 11.6 Å². The molecule has 20 heavy (non-hydrogen) atoms. The number of hydrogen-bond donors (Lipinski definition) is 2. The number of benzene rings is 1. The Morgan fingerprint density at radius 2 is 2.00 bits per heavy atom. The molecule has 2 atom stereocenters. The number of halogens is 3. The second-order valence-electron chi connectivity index (χ2n) is 5.07. The van der Waals surface area contributed by atoms with Crippen LogP contribution in [0.1, 0.15) is 36.0 Å². The molecule has 0 radical (unpaired) electrons. The zero-order valence-electron chi connectivity index (χ0n) is 10.8. The largest absolute Gasteiger partial charge is 0.393 e. The van der Waals surface area contributed by atoms with E-state index in [9.17, 15) is 18.7 Å². The molecule has 110 valence electrons. The van der Waals surface area contributed by atoms with Gasteiger partial charge < -0.3 is 10.4 Å². The third-order valence-corrected chi connectivity index (χ3v) is 3.94. The lowest BCUT2D eigenvalue weighted by atomic mass is 9.86. The SMILES string of the molecule is O=C(NCC1CCCCC1O)c1cc(F)c(Cl)cc1F. The van der Waals surface area contributed by atoms with E-state index in [1.54, 1.807) is 0 Å². The van der Waals surface area contributed by atoms with Crippen LogP contribution in [0.25, 0.3) is 0 Å². The van der Waals surface area contributed by atoms with E-state index < -0.39 is 23.6 Å². The summed E-state index contributed by atoms with van der Waals surface area (Å²) in [5, 5.41) is 12.0. The van der Waals surface area contributed by atoms with Crippen molar-refractivity contribution < 1.29 is 18.7 Å². The van der Waals surface area contributed by atoms with E-state index in [-0.39, 0.29) is 23.0 Å². The second-order valence-corrected chi connectivity index (χ2v) is 5.48. The molecule has 1 saturated carbocycles. The molecule has 6 heteroatoms. The molecule has 0 aliphatic heterocycles. The summed E-state index contributed by atoms with van der Waals surface area (Å²) in [6.45, 7) is 0.254. The Kier molecular flexibility index (Phi) is 4.94. The Balaban J connectivity index is 2.00. The van der Waals surface area contributed by atoms with Crippen molar-refractivity contribution in [3.63, 3.8) is 0 Å². The van der Waals surface area contributed by atoms with Crippen LogP contribution >= 0.6 is 11.6 Å². The van der Waals surface area contributed by atoms with Crippen LogP contribution in [-0.2, 0) is 0 Å². The maximum Gasteiger partial charge on any atom is 0.254 e. The van der Waals surface area contributed by atoms with E-state index in [0.29, 0.717) is 6.42 Å². The van der Waals surface area contributed by atoms with Gasteiger partial charge in [0.15, 0.2) is 0 Å². The molecule has 2 rings (SSSR count). The van der Waals surface area contributed by atoms with E-state index in [2.05, 4.69) is 5.32 Å². The summed E-state index contributed by atoms with van der Waals surface area (Å²) < 4.78 is 26.8. The van der Waals surface area contributed by atoms with Crippen LogP contribution in [0, 0.1) is 17.6 Å². The van der Waals surface area contributed by atoms with Gasteiger partial charge in [-0.2, -0.15) is 0 Å². The Labute approximate surface area is 120 Å². The summed E-state index contributed by atoms with van der Waals surface area (Å²) in [7, 11) is 0. The molecule has 1 amide bonds. The highest BCUT2D eigenvalue weighted by Gasteiger charge is 2.24. The molecular formula is C14H16ClF2NO2. The number of carbonyl (C=O) groups excluding carboxylic acids is 1. The Hall–Kier alpha value is -1.20. The van der Waals surface area contributed by atoms with Gasteiger partial charge in [-0.1, -0.05) is 24.4 Å². The van der Waals surface area contributed by atoms with Crippen LogP contribution in [-0.4, -0.2) is 23.7 Å². The van der Waals surface area contributed by atoms with E-state index in [1.807, 2.05) is 0 Å². The lowest BCUT2D eigenvalue weighted by Crippen LogP contribution is -2.37. The van der Waals surface area contributed by atoms with Crippen LogP contribution in [0.3, 0.4) is 0 Å². The van der Waals surface area contributed by atoms with Crippen molar-refractivity contribution >= 4 is 17.5 Å². The molecule has 0 spiro atoms. The van der Waals surface area contributed by atoms with Gasteiger partial charge in [0.05, 0.1) is 16.7 Å². The third kappa shape index (κ3) is 3.46. The van der Waals surface area contributed by atoms with Gasteiger partial charge >= 0.3 is 0 Å². The van der Waals surface area contributed by atoms with Gasteiger partial charge in [-0.15, -0.1) is 0 Å². The van der Waals surface area contributed by atoms with Gasteiger partial charge in [0.25, 0.3) is 5.91 Å². The molecule has 0 bridgehead atoms. The van der Waals surface area contributed by atoms with E-state index >= 15 is 0 Å². The van der Waals surface area contributed by atoms with E-state index in [0.717, 1.165) is 31.4 Å². The minimum Gasteiger partial charge on any atom is -0.393 e. The normalized spacial score (nSPS) is 22.6. The maximum atomic E-state index is 13.6. The lowest BCUT2D eigenvalue weighted by Gasteiger charge is -2.27. The fourth-order valence-electron chi connectivity index (χ4n) is 2.44. The number of amides is 1. The van der Waals surface area contributed by atoms with Crippen molar-refractivity contribution in [2.45, 2.75) is 31.8 Å². The van der Waals surface area contributed by atoms with Crippen LogP contribution < -0.4 is 5.32 Å². The molecule has 1 aromatic rings. The van der Waals surface area contributed by atoms with Crippen LogP contribution in [0.15, 0.2) is 12.1 Å². The van der Waals surface area contributed by atoms with E-state index in [4.69, 9.17) is 11.6 Å². The number of nitrogens with one attached hydrogen (secondary N) is 1. The average molecular weight is 304 g/mol. The summed E-state index contributed by atoms with van der Waals surface area (Å²) >= 11 is 5.43. The smallest absolute Gasteiger partial charge is 0.254 e. The number of hydrogen-bond acceptors (Lipinski definition) is 2. The maximum absolute atomic E-state index is 13.6. The highest BCUT2D eigenvalue weighted by atomic mass is 35.5. The first kappa shape index (κ1) is 15.2. The van der Waals surface area contributed by atoms with Crippen molar-refractivity contribution in [1.29, 1.82) is 0 Å². The van der Waals surface area contributed by atoms with Crippen molar-refractivity contribution in [1.82, 2.24) is 5.32 Å². The Morgan fingerprint density at radius 1 is 1.30 bits per heavy atom. The first-order valence-corrected chi connectivity index (χ1v) is 6.97. The lowest BCUT2D eigenvalue weighted by molar-refractivity contribution is 0.0662. The van der Waals surface area contributed by atoms with Crippen molar-refractivity contribution in [2.75, 3.05) is 6.54 Å². The van der Waals surface area contributed by atoms with Gasteiger partial charge in [-0.05, 0) is 25.0 Å². The molecule has 3 nitrogen and oxygen atoms in total. The minimum absolute atomic E-state index is 0.0343. The third-order valence-electron chi connectivity index (χ3n) is 3.65. The Bertz CT molecular complexity index is 510. The zero-order valence-corrected chi connectivity index (χ0v) is 11.6. The minimum atomic E-state index is -0.863. The highest BCUT2D eigenvalue weighted by Crippen LogP contribution is 2.24. The molecule has 2 unspecified atom stereocenters. The molecule has 0 saturated heterocycles. The fourth-order valence-corrected chi connectivity index (χ4v) is 2.59. The van der Waals surface area contributed by atoms with Gasteiger partial charge in [0, 0.05) is 12.5 Å². The summed E-state index contributed by atoms with van der Waals surface area (Å²) in [5.74, 6) is -2.43. The predicted molar refractivity (Wildman–Crippen MR) is 71.7 cm³/mol. The monoisotopic (exact) mass is 303 g/mol. The van der Waals surface area contributed by atoms with E-state index in [1.165, 1.54) is 0 Å². The van der Waals surface area contributed by atoms with Crippen molar-refractivity contribution in [2.24, 2.45) is 5.92 Å². The highest BCUT2D eigenvalue weighted by molar-refractivity contribution is 6.30. The van der Waals surface area contributed by atoms with Gasteiger partial charge in [0.2, 0.25) is 0 Å². The summed E-state index contributed by atoms with van der Waals surface area (Å²) in [5.41, 5.74) is -0.378. The zero-order chi connectivity index (χ0) is 14.7. The molecule has 1 aliphatic rings. The molecule has 2 N–H and O–H groups in total. The van der Waals surface area contributed by atoms with Crippen LogP contribution in [0.2, 0.25) is 5.02 Å². The number of carbonyl (C=O) groups is 1. The quantitative estimate of drug-likeness (QED) is 0.844. The summed E-state index contributed by atoms with van der Waals surface area (Å²) in [6.07, 6.45) is 3.06. The van der Waals surface area contributed by atoms with Crippen molar-refractivity contribution in [3.05, 3.63) is 34.4 Å². The molecule has 1 aliphatic carbocycles. The van der Waals surface area contributed by atoms with Gasteiger partial charge in [-0.25, -0.2) is 8.78 Å². The molecule has 0 aromatic heterocycles.